The SMILES string of the molecule is NCC(OCC1CCCC1)c1ccccn1. The fraction of sp³-hybridized carbons (Fsp3) is 0.615. The van der Waals surface area contributed by atoms with Crippen molar-refractivity contribution in [2.24, 2.45) is 11.7 Å². The average molecular weight is 220 g/mol. The van der Waals surface area contributed by atoms with Gasteiger partial charge in [0.05, 0.1) is 12.3 Å². The van der Waals surface area contributed by atoms with E-state index in [-0.39, 0.29) is 6.10 Å². The molecule has 0 aromatic carbocycles. The van der Waals surface area contributed by atoms with Crippen LogP contribution in [0, 0.1) is 5.92 Å². The Morgan fingerprint density at radius 3 is 2.81 bits per heavy atom. The summed E-state index contributed by atoms with van der Waals surface area (Å²) in [5, 5.41) is 0. The molecule has 1 aromatic heterocycles. The number of nitrogens with zero attached hydrogens (tertiary/aromatic N) is 1. The highest BCUT2D eigenvalue weighted by Gasteiger charge is 2.18. The van der Waals surface area contributed by atoms with Crippen LogP contribution in [0.25, 0.3) is 0 Å². The lowest BCUT2D eigenvalue weighted by Gasteiger charge is -2.18. The molecule has 1 aromatic rings. The summed E-state index contributed by atoms with van der Waals surface area (Å²) in [4.78, 5) is 4.29. The van der Waals surface area contributed by atoms with E-state index >= 15 is 0 Å². The molecule has 0 bridgehead atoms. The molecule has 2 rings (SSSR count). The van der Waals surface area contributed by atoms with Crippen LogP contribution in [0.4, 0.5) is 0 Å². The van der Waals surface area contributed by atoms with E-state index in [4.69, 9.17) is 10.5 Å². The van der Waals surface area contributed by atoms with Crippen LogP contribution in [-0.4, -0.2) is 18.1 Å². The van der Waals surface area contributed by atoms with Crippen LogP contribution in [-0.2, 0) is 4.74 Å². The monoisotopic (exact) mass is 220 g/mol. The van der Waals surface area contributed by atoms with Gasteiger partial charge in [0, 0.05) is 12.7 Å². The third-order valence-electron chi connectivity index (χ3n) is 3.24. The Bertz CT molecular complexity index is 296. The largest absolute Gasteiger partial charge is 0.370 e. The minimum absolute atomic E-state index is 0.0400. The average Bonchev–Trinajstić information content (AvgIpc) is 2.84. The second kappa shape index (κ2) is 5.97. The zero-order valence-electron chi connectivity index (χ0n) is 9.64. The molecule has 1 aliphatic carbocycles. The lowest BCUT2D eigenvalue weighted by Crippen LogP contribution is -2.19. The molecule has 0 saturated heterocycles. The molecule has 0 aliphatic heterocycles. The van der Waals surface area contributed by atoms with Crippen molar-refractivity contribution in [2.45, 2.75) is 31.8 Å². The molecule has 3 nitrogen and oxygen atoms in total. The molecule has 16 heavy (non-hydrogen) atoms. The molecular formula is C13H20N2O. The first-order valence-corrected chi connectivity index (χ1v) is 6.12. The van der Waals surface area contributed by atoms with Gasteiger partial charge in [-0.3, -0.25) is 4.98 Å². The zero-order valence-corrected chi connectivity index (χ0v) is 9.64. The molecule has 88 valence electrons. The van der Waals surface area contributed by atoms with Gasteiger partial charge in [-0.25, -0.2) is 0 Å². The van der Waals surface area contributed by atoms with E-state index in [0.29, 0.717) is 6.54 Å². The minimum atomic E-state index is -0.0400. The van der Waals surface area contributed by atoms with Crippen molar-refractivity contribution >= 4 is 0 Å². The predicted octanol–water partition coefficient (Wildman–Crippen LogP) is 2.29. The van der Waals surface area contributed by atoms with Crippen LogP contribution in [0.1, 0.15) is 37.5 Å². The summed E-state index contributed by atoms with van der Waals surface area (Å²) in [7, 11) is 0. The highest BCUT2D eigenvalue weighted by atomic mass is 16.5. The maximum absolute atomic E-state index is 5.87. The third-order valence-corrected chi connectivity index (χ3v) is 3.24. The maximum atomic E-state index is 5.87. The van der Waals surface area contributed by atoms with Gasteiger partial charge >= 0.3 is 0 Å². The molecule has 3 heteroatoms. The van der Waals surface area contributed by atoms with Crippen molar-refractivity contribution in [2.75, 3.05) is 13.2 Å². The van der Waals surface area contributed by atoms with Gasteiger partial charge in [-0.2, -0.15) is 0 Å². The quantitative estimate of drug-likeness (QED) is 0.828. The molecule has 2 N–H and O–H groups in total. The Labute approximate surface area is 97.0 Å². The summed E-state index contributed by atoms with van der Waals surface area (Å²) in [5.41, 5.74) is 6.67. The molecule has 1 atom stereocenters. The summed E-state index contributed by atoms with van der Waals surface area (Å²) in [6.45, 7) is 1.34. The second-order valence-corrected chi connectivity index (χ2v) is 4.46. The Hall–Kier alpha value is -0.930. The van der Waals surface area contributed by atoms with Gasteiger partial charge in [-0.05, 0) is 30.9 Å². The van der Waals surface area contributed by atoms with Crippen LogP contribution in [0.5, 0.6) is 0 Å². The first-order valence-electron chi connectivity index (χ1n) is 6.12. The minimum Gasteiger partial charge on any atom is -0.370 e. The van der Waals surface area contributed by atoms with Gasteiger partial charge in [0.1, 0.15) is 6.10 Å². The van der Waals surface area contributed by atoms with Gasteiger partial charge in [0.25, 0.3) is 0 Å². The lowest BCUT2D eigenvalue weighted by molar-refractivity contribution is 0.0321. The fourth-order valence-electron chi connectivity index (χ4n) is 2.27. The van der Waals surface area contributed by atoms with Crippen LogP contribution in [0.3, 0.4) is 0 Å². The molecule has 0 radical (unpaired) electrons. The van der Waals surface area contributed by atoms with Crippen molar-refractivity contribution < 1.29 is 4.74 Å². The molecule has 1 aliphatic rings. The Balaban J connectivity index is 1.85. The molecule has 1 fully saturated rings. The summed E-state index contributed by atoms with van der Waals surface area (Å²) < 4.78 is 5.87. The Morgan fingerprint density at radius 2 is 2.19 bits per heavy atom. The number of aromatic nitrogens is 1. The van der Waals surface area contributed by atoms with Crippen LogP contribution >= 0.6 is 0 Å². The first-order chi connectivity index (χ1) is 7.90. The van der Waals surface area contributed by atoms with Crippen LogP contribution in [0.2, 0.25) is 0 Å². The normalized spacial score (nSPS) is 18.8. The topological polar surface area (TPSA) is 48.1 Å². The van der Waals surface area contributed by atoms with Crippen LogP contribution in [0.15, 0.2) is 24.4 Å². The van der Waals surface area contributed by atoms with E-state index in [0.717, 1.165) is 18.2 Å². The van der Waals surface area contributed by atoms with Crippen LogP contribution < -0.4 is 5.73 Å². The van der Waals surface area contributed by atoms with Gasteiger partial charge in [-0.15, -0.1) is 0 Å². The number of hydrogen-bond donors (Lipinski definition) is 1. The summed E-state index contributed by atoms with van der Waals surface area (Å²) in [6, 6.07) is 5.87. The molecule has 0 spiro atoms. The number of rotatable bonds is 5. The van der Waals surface area contributed by atoms with Crippen molar-refractivity contribution in [1.82, 2.24) is 4.98 Å². The fourth-order valence-corrected chi connectivity index (χ4v) is 2.27. The number of ether oxygens (including phenoxy) is 1. The maximum Gasteiger partial charge on any atom is 0.112 e. The third kappa shape index (κ3) is 3.03. The van der Waals surface area contributed by atoms with E-state index in [1.165, 1.54) is 25.7 Å². The Morgan fingerprint density at radius 1 is 1.38 bits per heavy atom. The van der Waals surface area contributed by atoms with Gasteiger partial charge in [-0.1, -0.05) is 18.9 Å². The predicted molar refractivity (Wildman–Crippen MR) is 63.9 cm³/mol. The summed E-state index contributed by atoms with van der Waals surface area (Å²) in [6.07, 6.45) is 7.06. The molecule has 1 heterocycles. The molecule has 1 unspecified atom stereocenters. The summed E-state index contributed by atoms with van der Waals surface area (Å²) in [5.74, 6) is 0.734. The Kier molecular flexibility index (Phi) is 4.31. The van der Waals surface area contributed by atoms with Crippen molar-refractivity contribution in [1.29, 1.82) is 0 Å². The highest BCUT2D eigenvalue weighted by Crippen LogP contribution is 2.26. The van der Waals surface area contributed by atoms with Gasteiger partial charge in [0.15, 0.2) is 0 Å². The molecule has 0 amide bonds. The standard InChI is InChI=1S/C13H20N2O/c14-9-13(12-7-3-4-8-15-12)16-10-11-5-1-2-6-11/h3-4,7-8,11,13H,1-2,5-6,9-10,14H2. The van der Waals surface area contributed by atoms with E-state index in [1.54, 1.807) is 6.20 Å². The number of pyridine rings is 1. The molecule has 1 saturated carbocycles. The first kappa shape index (κ1) is 11.6. The van der Waals surface area contributed by atoms with Gasteiger partial charge in [0.2, 0.25) is 0 Å². The van der Waals surface area contributed by atoms with Crippen molar-refractivity contribution in [3.8, 4) is 0 Å². The molecular weight excluding hydrogens is 200 g/mol. The second-order valence-electron chi connectivity index (χ2n) is 4.46. The zero-order chi connectivity index (χ0) is 11.2. The van der Waals surface area contributed by atoms with Crippen molar-refractivity contribution in [3.05, 3.63) is 30.1 Å². The summed E-state index contributed by atoms with van der Waals surface area (Å²) >= 11 is 0. The lowest BCUT2D eigenvalue weighted by atomic mass is 10.1. The number of nitrogens with two attached hydrogens (primary N) is 1. The smallest absolute Gasteiger partial charge is 0.112 e. The van der Waals surface area contributed by atoms with E-state index in [1.807, 2.05) is 18.2 Å². The van der Waals surface area contributed by atoms with E-state index < -0.39 is 0 Å². The highest BCUT2D eigenvalue weighted by molar-refractivity contribution is 5.07. The van der Waals surface area contributed by atoms with Gasteiger partial charge < -0.3 is 10.5 Å². The van der Waals surface area contributed by atoms with E-state index in [2.05, 4.69) is 4.98 Å². The van der Waals surface area contributed by atoms with Crippen molar-refractivity contribution in [3.63, 3.8) is 0 Å². The van der Waals surface area contributed by atoms with E-state index in [9.17, 15) is 0 Å². The number of hydrogen-bond acceptors (Lipinski definition) is 3.